The molecule has 2 bridgehead atoms. The molecule has 40 heavy (non-hydrogen) atoms. The quantitative estimate of drug-likeness (QED) is 0.240. The van der Waals surface area contributed by atoms with Crippen LogP contribution in [-0.4, -0.2) is 16.8 Å². The molecule has 1 unspecified atom stereocenters. The molecule has 0 radical (unpaired) electrons. The monoisotopic (exact) mass is 541 g/mol. The van der Waals surface area contributed by atoms with Gasteiger partial charge in [0.1, 0.15) is 0 Å². The number of thiazole rings is 1. The Labute approximate surface area is 236 Å². The molecule has 5 aromatic rings. The number of hydrogen-bond acceptors (Lipinski definition) is 4. The molecular formula is C34H27N3O2S. The van der Waals surface area contributed by atoms with E-state index in [9.17, 15) is 9.59 Å². The van der Waals surface area contributed by atoms with E-state index in [2.05, 4.69) is 66.1 Å². The SMILES string of the molecule is CC1(C(=O)Nc2nc(-c3cccc(C(=O)Nc4ccccc4)c3)cs2)CC2c3ccccc3C1c1ccccc12. The summed E-state index contributed by atoms with van der Waals surface area (Å²) in [7, 11) is 0. The van der Waals surface area contributed by atoms with Crippen molar-refractivity contribution in [3.05, 3.63) is 136 Å². The Bertz CT molecular complexity index is 1710. The first-order valence-electron chi connectivity index (χ1n) is 13.4. The minimum atomic E-state index is -0.603. The van der Waals surface area contributed by atoms with E-state index in [1.54, 1.807) is 6.07 Å². The first kappa shape index (κ1) is 24.5. The first-order chi connectivity index (χ1) is 19.5. The number of nitrogens with one attached hydrogen (secondary N) is 2. The van der Waals surface area contributed by atoms with E-state index >= 15 is 0 Å². The maximum atomic E-state index is 14.0. The fraction of sp³-hybridized carbons (Fsp3) is 0.147. The zero-order chi connectivity index (χ0) is 27.3. The molecule has 8 rings (SSSR count). The number of fused-ring (bicyclic) bond motifs is 1. The minimum Gasteiger partial charge on any atom is -0.322 e. The van der Waals surface area contributed by atoms with Gasteiger partial charge in [-0.05, 0) is 59.9 Å². The summed E-state index contributed by atoms with van der Waals surface area (Å²) in [5, 5.41) is 8.55. The summed E-state index contributed by atoms with van der Waals surface area (Å²) in [6.07, 6.45) is 0.758. The molecule has 1 aromatic heterocycles. The molecule has 5 nitrogen and oxygen atoms in total. The number of aromatic nitrogens is 1. The van der Waals surface area contributed by atoms with Crippen molar-refractivity contribution in [1.29, 1.82) is 0 Å². The van der Waals surface area contributed by atoms with E-state index in [1.165, 1.54) is 33.6 Å². The van der Waals surface area contributed by atoms with Crippen LogP contribution in [0.3, 0.4) is 0 Å². The summed E-state index contributed by atoms with van der Waals surface area (Å²) < 4.78 is 0. The highest BCUT2D eigenvalue weighted by Gasteiger charge is 2.53. The molecular weight excluding hydrogens is 514 g/mol. The molecule has 3 aliphatic rings. The zero-order valence-corrected chi connectivity index (χ0v) is 22.7. The van der Waals surface area contributed by atoms with Crippen molar-refractivity contribution in [2.24, 2.45) is 5.41 Å². The van der Waals surface area contributed by atoms with Crippen molar-refractivity contribution >= 4 is 34.0 Å². The van der Waals surface area contributed by atoms with E-state index in [4.69, 9.17) is 4.98 Å². The number of rotatable bonds is 5. The summed E-state index contributed by atoms with van der Waals surface area (Å²) in [5.41, 5.74) is 7.40. The smallest absolute Gasteiger partial charge is 0.255 e. The van der Waals surface area contributed by atoms with Gasteiger partial charge in [-0.3, -0.25) is 9.59 Å². The largest absolute Gasteiger partial charge is 0.322 e. The van der Waals surface area contributed by atoms with E-state index < -0.39 is 5.41 Å². The van der Waals surface area contributed by atoms with Crippen LogP contribution in [0.5, 0.6) is 0 Å². The van der Waals surface area contributed by atoms with Crippen LogP contribution in [0.15, 0.2) is 109 Å². The molecule has 0 aliphatic heterocycles. The van der Waals surface area contributed by atoms with Gasteiger partial charge in [-0.1, -0.05) is 78.9 Å². The maximum absolute atomic E-state index is 14.0. The first-order valence-corrected chi connectivity index (χ1v) is 14.3. The number of anilines is 2. The second-order valence-electron chi connectivity index (χ2n) is 10.8. The molecule has 1 atom stereocenters. The molecule has 0 fully saturated rings. The van der Waals surface area contributed by atoms with Gasteiger partial charge in [0.25, 0.3) is 5.91 Å². The molecule has 6 heteroatoms. The molecule has 0 saturated carbocycles. The van der Waals surface area contributed by atoms with Gasteiger partial charge >= 0.3 is 0 Å². The lowest BCUT2D eigenvalue weighted by Gasteiger charge is -2.50. The van der Waals surface area contributed by atoms with Crippen molar-refractivity contribution < 1.29 is 9.59 Å². The predicted octanol–water partition coefficient (Wildman–Crippen LogP) is 7.69. The molecule has 0 spiro atoms. The van der Waals surface area contributed by atoms with E-state index in [0.717, 1.165) is 23.4 Å². The summed E-state index contributed by atoms with van der Waals surface area (Å²) in [6, 6.07) is 33.9. The van der Waals surface area contributed by atoms with Crippen LogP contribution in [0.25, 0.3) is 11.3 Å². The second kappa shape index (κ2) is 9.57. The average Bonchev–Trinajstić information content (AvgIpc) is 3.46. The Kier molecular flexibility index (Phi) is 5.86. The van der Waals surface area contributed by atoms with Crippen LogP contribution in [0.4, 0.5) is 10.8 Å². The lowest BCUT2D eigenvalue weighted by atomic mass is 9.52. The number of carbonyl (C=O) groups excluding carboxylic acids is 2. The highest BCUT2D eigenvalue weighted by Crippen LogP contribution is 2.61. The number of para-hydroxylation sites is 1. The maximum Gasteiger partial charge on any atom is 0.255 e. The Morgan fingerprint density at radius 1 is 0.800 bits per heavy atom. The number of nitrogens with zero attached hydrogens (tertiary/aromatic N) is 1. The van der Waals surface area contributed by atoms with Crippen molar-refractivity contribution in [2.75, 3.05) is 10.6 Å². The highest BCUT2D eigenvalue weighted by molar-refractivity contribution is 7.14. The molecule has 2 N–H and O–H groups in total. The normalized spacial score (nSPS) is 20.3. The van der Waals surface area contributed by atoms with Gasteiger partial charge in [-0.15, -0.1) is 11.3 Å². The summed E-state index contributed by atoms with van der Waals surface area (Å²) in [4.78, 5) is 31.5. The summed E-state index contributed by atoms with van der Waals surface area (Å²) in [6.45, 7) is 2.09. The third kappa shape index (κ3) is 4.03. The Morgan fingerprint density at radius 3 is 2.15 bits per heavy atom. The zero-order valence-electron chi connectivity index (χ0n) is 21.9. The Morgan fingerprint density at radius 2 is 1.45 bits per heavy atom. The van der Waals surface area contributed by atoms with Gasteiger partial charge in [0.15, 0.2) is 5.13 Å². The standard InChI is InChI=1S/C34H27N3O2S/c1-34(19-28-24-14-5-7-16-26(24)30(34)27-17-8-6-15-25(27)28)32(39)37-33-36-29(20-40-33)21-10-9-11-22(18-21)31(38)35-23-12-3-2-4-13-23/h2-18,20,28,30H,19H2,1H3,(H,35,38)(H,36,37,39). The lowest BCUT2D eigenvalue weighted by molar-refractivity contribution is -0.126. The molecule has 2 amide bonds. The van der Waals surface area contributed by atoms with Crippen LogP contribution in [0.2, 0.25) is 0 Å². The van der Waals surface area contributed by atoms with E-state index in [-0.39, 0.29) is 23.7 Å². The van der Waals surface area contributed by atoms with Gasteiger partial charge in [0.05, 0.1) is 11.1 Å². The van der Waals surface area contributed by atoms with Crippen LogP contribution >= 0.6 is 11.3 Å². The fourth-order valence-corrected chi connectivity index (χ4v) is 7.15. The molecule has 3 aliphatic carbocycles. The summed E-state index contributed by atoms with van der Waals surface area (Å²) in [5.74, 6) is -0.00467. The summed E-state index contributed by atoms with van der Waals surface area (Å²) >= 11 is 1.40. The van der Waals surface area contributed by atoms with E-state index in [1.807, 2.05) is 53.9 Å². The number of benzene rings is 4. The minimum absolute atomic E-state index is 0.0101. The van der Waals surface area contributed by atoms with Gasteiger partial charge < -0.3 is 10.6 Å². The van der Waals surface area contributed by atoms with Gasteiger partial charge in [-0.2, -0.15) is 0 Å². The third-order valence-electron chi connectivity index (χ3n) is 8.33. The Hall–Kier alpha value is -4.55. The predicted molar refractivity (Wildman–Crippen MR) is 160 cm³/mol. The average molecular weight is 542 g/mol. The van der Waals surface area contributed by atoms with E-state index in [0.29, 0.717) is 10.7 Å². The highest BCUT2D eigenvalue weighted by atomic mass is 32.1. The lowest BCUT2D eigenvalue weighted by Crippen LogP contribution is -2.47. The number of hydrogen-bond donors (Lipinski definition) is 2. The van der Waals surface area contributed by atoms with Crippen molar-refractivity contribution in [3.8, 4) is 11.3 Å². The van der Waals surface area contributed by atoms with Crippen LogP contribution in [0, 0.1) is 5.41 Å². The van der Waals surface area contributed by atoms with Crippen molar-refractivity contribution in [1.82, 2.24) is 4.98 Å². The third-order valence-corrected chi connectivity index (χ3v) is 9.08. The molecule has 196 valence electrons. The Balaban J connectivity index is 1.13. The van der Waals surface area contributed by atoms with Crippen molar-refractivity contribution in [2.45, 2.75) is 25.2 Å². The van der Waals surface area contributed by atoms with Crippen LogP contribution in [0.1, 0.15) is 57.8 Å². The van der Waals surface area contributed by atoms with Gasteiger partial charge in [-0.25, -0.2) is 4.98 Å². The van der Waals surface area contributed by atoms with Gasteiger partial charge in [0, 0.05) is 34.0 Å². The van der Waals surface area contributed by atoms with Crippen LogP contribution < -0.4 is 10.6 Å². The topological polar surface area (TPSA) is 71.1 Å². The molecule has 1 heterocycles. The van der Waals surface area contributed by atoms with Crippen molar-refractivity contribution in [3.63, 3.8) is 0 Å². The second-order valence-corrected chi connectivity index (χ2v) is 11.6. The number of amides is 2. The molecule has 0 saturated heterocycles. The number of carbonyl (C=O) groups is 2. The van der Waals surface area contributed by atoms with Crippen LogP contribution in [-0.2, 0) is 4.79 Å². The molecule has 4 aromatic carbocycles. The van der Waals surface area contributed by atoms with Gasteiger partial charge in [0.2, 0.25) is 5.91 Å². The fourth-order valence-electron chi connectivity index (χ4n) is 6.44.